The van der Waals surface area contributed by atoms with E-state index in [0.29, 0.717) is 26.0 Å². The average Bonchev–Trinajstić information content (AvgIpc) is 2.18. The van der Waals surface area contributed by atoms with Crippen LogP contribution in [-0.2, 0) is 9.53 Å². The Bertz CT molecular complexity index is 265. The van der Waals surface area contributed by atoms with E-state index in [-0.39, 0.29) is 17.4 Å². The molecule has 1 aliphatic heterocycles. The highest BCUT2D eigenvalue weighted by Crippen LogP contribution is 2.29. The number of hydrogen-bond acceptors (Lipinski definition) is 3. The minimum absolute atomic E-state index is 0.236. The molecular weight excluding hydrogens is 194 g/mol. The Morgan fingerprint density at radius 2 is 2.20 bits per heavy atom. The molecule has 1 fully saturated rings. The van der Waals surface area contributed by atoms with Crippen LogP contribution in [0.2, 0.25) is 0 Å². The standard InChI is InChI=1S/C11H19NO3/c1-4-11(3)8-9(13)6-7-12(11)10(14)15-5-2/h4-8H2,1-3H3. The Kier molecular flexibility index (Phi) is 3.72. The van der Waals surface area contributed by atoms with E-state index < -0.39 is 0 Å². The number of carbonyl (C=O) groups is 2. The Morgan fingerprint density at radius 1 is 1.53 bits per heavy atom. The lowest BCUT2D eigenvalue weighted by atomic mass is 9.86. The zero-order valence-corrected chi connectivity index (χ0v) is 9.71. The van der Waals surface area contributed by atoms with Gasteiger partial charge in [-0.15, -0.1) is 0 Å². The van der Waals surface area contributed by atoms with Gasteiger partial charge in [-0.05, 0) is 20.3 Å². The molecule has 0 aromatic heterocycles. The second kappa shape index (κ2) is 4.64. The van der Waals surface area contributed by atoms with E-state index in [1.54, 1.807) is 11.8 Å². The first-order valence-corrected chi connectivity index (χ1v) is 5.49. The van der Waals surface area contributed by atoms with E-state index in [1.165, 1.54) is 0 Å². The molecule has 1 rings (SSSR count). The molecule has 0 aromatic carbocycles. The Balaban J connectivity index is 2.77. The molecule has 1 saturated heterocycles. The fraction of sp³-hybridized carbons (Fsp3) is 0.818. The van der Waals surface area contributed by atoms with Gasteiger partial charge in [-0.2, -0.15) is 0 Å². The van der Waals surface area contributed by atoms with Crippen LogP contribution in [0.3, 0.4) is 0 Å². The number of likely N-dealkylation sites (tertiary alicyclic amines) is 1. The molecule has 4 nitrogen and oxygen atoms in total. The molecule has 1 atom stereocenters. The van der Waals surface area contributed by atoms with Crippen molar-refractivity contribution in [3.05, 3.63) is 0 Å². The molecule has 0 N–H and O–H groups in total. The summed E-state index contributed by atoms with van der Waals surface area (Å²) in [6, 6.07) is 0. The normalized spacial score (nSPS) is 26.6. The van der Waals surface area contributed by atoms with Crippen LogP contribution in [0.25, 0.3) is 0 Å². The zero-order valence-electron chi connectivity index (χ0n) is 9.71. The van der Waals surface area contributed by atoms with Crippen molar-refractivity contribution in [1.29, 1.82) is 0 Å². The van der Waals surface area contributed by atoms with E-state index >= 15 is 0 Å². The molecule has 0 radical (unpaired) electrons. The second-order valence-electron chi connectivity index (χ2n) is 4.17. The van der Waals surface area contributed by atoms with E-state index in [9.17, 15) is 9.59 Å². The quantitative estimate of drug-likeness (QED) is 0.704. The largest absolute Gasteiger partial charge is 0.450 e. The third kappa shape index (κ3) is 2.49. The van der Waals surface area contributed by atoms with Crippen LogP contribution >= 0.6 is 0 Å². The van der Waals surface area contributed by atoms with Crippen LogP contribution in [0.4, 0.5) is 4.79 Å². The Hall–Kier alpha value is -1.06. The Morgan fingerprint density at radius 3 is 2.73 bits per heavy atom. The van der Waals surface area contributed by atoms with Crippen LogP contribution in [0.5, 0.6) is 0 Å². The minimum atomic E-state index is -0.360. The molecule has 15 heavy (non-hydrogen) atoms. The zero-order chi connectivity index (χ0) is 11.5. The first-order chi connectivity index (χ1) is 7.03. The number of ether oxygens (including phenoxy) is 1. The molecular formula is C11H19NO3. The van der Waals surface area contributed by atoms with Gasteiger partial charge in [-0.3, -0.25) is 4.79 Å². The molecule has 1 heterocycles. The van der Waals surface area contributed by atoms with E-state index in [2.05, 4.69) is 0 Å². The minimum Gasteiger partial charge on any atom is -0.450 e. The van der Waals surface area contributed by atoms with Crippen molar-refractivity contribution in [2.75, 3.05) is 13.2 Å². The number of hydrogen-bond donors (Lipinski definition) is 0. The van der Waals surface area contributed by atoms with Crippen molar-refractivity contribution < 1.29 is 14.3 Å². The molecule has 0 aromatic rings. The SMILES string of the molecule is CCOC(=O)N1CCC(=O)CC1(C)CC. The van der Waals surface area contributed by atoms with Crippen LogP contribution in [-0.4, -0.2) is 35.5 Å². The van der Waals surface area contributed by atoms with Gasteiger partial charge in [-0.1, -0.05) is 6.92 Å². The van der Waals surface area contributed by atoms with Gasteiger partial charge in [-0.25, -0.2) is 4.79 Å². The lowest BCUT2D eigenvalue weighted by Gasteiger charge is -2.42. The third-order valence-electron chi connectivity index (χ3n) is 3.09. The molecule has 0 aliphatic carbocycles. The maximum Gasteiger partial charge on any atom is 0.410 e. The van der Waals surface area contributed by atoms with Crippen molar-refractivity contribution in [3.63, 3.8) is 0 Å². The number of ketones is 1. The summed E-state index contributed by atoms with van der Waals surface area (Å²) in [7, 11) is 0. The first kappa shape index (κ1) is 12.0. The highest BCUT2D eigenvalue weighted by molar-refractivity contribution is 5.83. The highest BCUT2D eigenvalue weighted by Gasteiger charge is 2.39. The maximum atomic E-state index is 11.7. The fourth-order valence-corrected chi connectivity index (χ4v) is 1.94. The molecule has 1 amide bonds. The number of Topliss-reactive ketones (excluding diaryl/α,β-unsaturated/α-hetero) is 1. The summed E-state index contributed by atoms with van der Waals surface area (Å²) in [5.41, 5.74) is -0.360. The van der Waals surface area contributed by atoms with E-state index in [0.717, 1.165) is 6.42 Å². The van der Waals surface area contributed by atoms with Crippen LogP contribution in [0.15, 0.2) is 0 Å². The number of carbonyl (C=O) groups excluding carboxylic acids is 2. The van der Waals surface area contributed by atoms with Crippen LogP contribution in [0.1, 0.15) is 40.0 Å². The van der Waals surface area contributed by atoms with Crippen molar-refractivity contribution >= 4 is 11.9 Å². The predicted octanol–water partition coefficient (Wildman–Crippen LogP) is 1.98. The van der Waals surface area contributed by atoms with Gasteiger partial charge in [0.2, 0.25) is 0 Å². The first-order valence-electron chi connectivity index (χ1n) is 5.49. The van der Waals surface area contributed by atoms with E-state index in [1.807, 2.05) is 13.8 Å². The average molecular weight is 213 g/mol. The van der Waals surface area contributed by atoms with E-state index in [4.69, 9.17) is 4.74 Å². The van der Waals surface area contributed by atoms with Crippen LogP contribution in [0, 0.1) is 0 Å². The number of rotatable bonds is 2. The maximum absolute atomic E-state index is 11.7. The summed E-state index contributed by atoms with van der Waals surface area (Å²) >= 11 is 0. The highest BCUT2D eigenvalue weighted by atomic mass is 16.6. The van der Waals surface area contributed by atoms with Crippen molar-refractivity contribution in [3.8, 4) is 0 Å². The fourth-order valence-electron chi connectivity index (χ4n) is 1.94. The molecule has 86 valence electrons. The summed E-state index contributed by atoms with van der Waals surface area (Å²) in [5.74, 6) is 0.236. The summed E-state index contributed by atoms with van der Waals surface area (Å²) in [5, 5.41) is 0. The van der Waals surface area contributed by atoms with Crippen molar-refractivity contribution in [2.45, 2.75) is 45.6 Å². The second-order valence-corrected chi connectivity index (χ2v) is 4.17. The van der Waals surface area contributed by atoms with Gasteiger partial charge in [0.25, 0.3) is 0 Å². The van der Waals surface area contributed by atoms with Gasteiger partial charge < -0.3 is 9.64 Å². The molecule has 0 saturated carbocycles. The summed E-state index contributed by atoms with van der Waals surface area (Å²) < 4.78 is 4.99. The number of nitrogens with zero attached hydrogens (tertiary/aromatic N) is 1. The van der Waals surface area contributed by atoms with Crippen molar-refractivity contribution in [1.82, 2.24) is 4.90 Å². The molecule has 1 aliphatic rings. The molecule has 1 unspecified atom stereocenters. The molecule has 0 bridgehead atoms. The smallest absolute Gasteiger partial charge is 0.410 e. The van der Waals surface area contributed by atoms with Gasteiger partial charge in [0, 0.05) is 19.4 Å². The summed E-state index contributed by atoms with van der Waals surface area (Å²) in [6.45, 7) is 6.59. The summed E-state index contributed by atoms with van der Waals surface area (Å²) in [4.78, 5) is 24.7. The number of piperidine rings is 1. The molecule has 0 spiro atoms. The topological polar surface area (TPSA) is 46.6 Å². The van der Waals surface area contributed by atoms with Gasteiger partial charge >= 0.3 is 6.09 Å². The van der Waals surface area contributed by atoms with Crippen LogP contribution < -0.4 is 0 Å². The lowest BCUT2D eigenvalue weighted by molar-refractivity contribution is -0.125. The van der Waals surface area contributed by atoms with Crippen molar-refractivity contribution in [2.24, 2.45) is 0 Å². The molecule has 4 heteroatoms. The lowest BCUT2D eigenvalue weighted by Crippen LogP contribution is -2.54. The number of amides is 1. The monoisotopic (exact) mass is 213 g/mol. The Labute approximate surface area is 90.6 Å². The summed E-state index contributed by atoms with van der Waals surface area (Å²) in [6.07, 6.45) is 1.38. The van der Waals surface area contributed by atoms with Gasteiger partial charge in [0.05, 0.1) is 12.1 Å². The predicted molar refractivity (Wildman–Crippen MR) is 56.7 cm³/mol. The third-order valence-corrected chi connectivity index (χ3v) is 3.09. The van der Waals surface area contributed by atoms with Gasteiger partial charge in [0.1, 0.15) is 5.78 Å². The van der Waals surface area contributed by atoms with Gasteiger partial charge in [0.15, 0.2) is 0 Å².